The van der Waals surface area contributed by atoms with Crippen LogP contribution in [0.1, 0.15) is 23.7 Å². The van der Waals surface area contributed by atoms with E-state index in [1.807, 2.05) is 56.9 Å². The molecule has 0 N–H and O–H groups in total. The second-order valence-electron chi connectivity index (χ2n) is 6.93. The largest absolute Gasteiger partial charge is 0.481 e. The van der Waals surface area contributed by atoms with Crippen molar-refractivity contribution in [3.05, 3.63) is 47.2 Å². The molecule has 26 heavy (non-hydrogen) atoms. The molecule has 0 spiro atoms. The molecule has 1 aliphatic rings. The van der Waals surface area contributed by atoms with E-state index in [9.17, 15) is 4.79 Å². The van der Waals surface area contributed by atoms with Gasteiger partial charge in [0, 0.05) is 26.2 Å². The molecular formula is C20H26N4O2. The summed E-state index contributed by atoms with van der Waals surface area (Å²) in [5.74, 6) is 1.64. The SMILES string of the molecule is Cc1cc(C)cc(OC(C)C(=O)N2CCN(c3ccc(C)nn3)CC2)c1. The van der Waals surface area contributed by atoms with Gasteiger partial charge in [0.05, 0.1) is 5.69 Å². The summed E-state index contributed by atoms with van der Waals surface area (Å²) in [5.41, 5.74) is 3.17. The van der Waals surface area contributed by atoms with Gasteiger partial charge in [0.25, 0.3) is 5.91 Å². The van der Waals surface area contributed by atoms with Crippen LogP contribution in [0, 0.1) is 20.8 Å². The normalized spacial score (nSPS) is 15.7. The number of aryl methyl sites for hydroxylation is 3. The summed E-state index contributed by atoms with van der Waals surface area (Å²) in [6.45, 7) is 10.6. The first kappa shape index (κ1) is 18.2. The van der Waals surface area contributed by atoms with E-state index >= 15 is 0 Å². The second kappa shape index (κ2) is 7.72. The van der Waals surface area contributed by atoms with Gasteiger partial charge in [-0.3, -0.25) is 4.79 Å². The maximum atomic E-state index is 12.7. The third kappa shape index (κ3) is 4.31. The van der Waals surface area contributed by atoms with Gasteiger partial charge < -0.3 is 14.5 Å². The number of hydrogen-bond acceptors (Lipinski definition) is 5. The molecule has 1 aromatic carbocycles. The molecule has 0 aliphatic carbocycles. The average molecular weight is 354 g/mol. The van der Waals surface area contributed by atoms with E-state index in [0.29, 0.717) is 13.1 Å². The van der Waals surface area contributed by atoms with Crippen LogP contribution in [0.25, 0.3) is 0 Å². The molecular weight excluding hydrogens is 328 g/mol. The predicted octanol–water partition coefficient (Wildman–Crippen LogP) is 2.52. The zero-order valence-electron chi connectivity index (χ0n) is 15.9. The number of benzene rings is 1. The molecule has 6 heteroatoms. The number of anilines is 1. The first-order valence-electron chi connectivity index (χ1n) is 9.01. The number of carbonyl (C=O) groups is 1. The van der Waals surface area contributed by atoms with Gasteiger partial charge in [0.15, 0.2) is 11.9 Å². The Morgan fingerprint density at radius 2 is 1.65 bits per heavy atom. The number of carbonyl (C=O) groups excluding carboxylic acids is 1. The van der Waals surface area contributed by atoms with Gasteiger partial charge in [0.1, 0.15) is 5.75 Å². The van der Waals surface area contributed by atoms with Crippen LogP contribution in [0.2, 0.25) is 0 Å². The Labute approximate surface area is 154 Å². The third-order valence-electron chi connectivity index (χ3n) is 4.55. The fraction of sp³-hybridized carbons (Fsp3) is 0.450. The molecule has 2 heterocycles. The summed E-state index contributed by atoms with van der Waals surface area (Å²) in [7, 11) is 0. The molecule has 2 aromatic rings. The monoisotopic (exact) mass is 354 g/mol. The number of aromatic nitrogens is 2. The number of piperazine rings is 1. The first-order valence-corrected chi connectivity index (χ1v) is 9.01. The van der Waals surface area contributed by atoms with Crippen LogP contribution in [0.4, 0.5) is 5.82 Å². The van der Waals surface area contributed by atoms with Crippen LogP contribution in [0.3, 0.4) is 0 Å². The molecule has 1 aliphatic heterocycles. The molecule has 0 radical (unpaired) electrons. The van der Waals surface area contributed by atoms with Gasteiger partial charge >= 0.3 is 0 Å². The zero-order chi connectivity index (χ0) is 18.7. The van der Waals surface area contributed by atoms with Crippen LogP contribution in [0.15, 0.2) is 30.3 Å². The number of rotatable bonds is 4. The van der Waals surface area contributed by atoms with Gasteiger partial charge in [-0.15, -0.1) is 5.10 Å². The minimum Gasteiger partial charge on any atom is -0.481 e. The summed E-state index contributed by atoms with van der Waals surface area (Å²) in [6.07, 6.45) is -0.498. The Morgan fingerprint density at radius 3 is 2.23 bits per heavy atom. The summed E-state index contributed by atoms with van der Waals surface area (Å²) in [6, 6.07) is 9.95. The highest BCUT2D eigenvalue weighted by Gasteiger charge is 2.26. The minimum atomic E-state index is -0.498. The van der Waals surface area contributed by atoms with E-state index in [1.165, 1.54) is 0 Å². The minimum absolute atomic E-state index is 0.0267. The van der Waals surface area contributed by atoms with E-state index in [2.05, 4.69) is 21.2 Å². The number of hydrogen-bond donors (Lipinski definition) is 0. The average Bonchev–Trinajstić information content (AvgIpc) is 2.61. The van der Waals surface area contributed by atoms with Crippen molar-refractivity contribution in [1.29, 1.82) is 0 Å². The van der Waals surface area contributed by atoms with Crippen LogP contribution in [-0.4, -0.2) is 53.3 Å². The van der Waals surface area contributed by atoms with Crippen molar-refractivity contribution in [2.24, 2.45) is 0 Å². The number of ether oxygens (including phenoxy) is 1. The molecule has 6 nitrogen and oxygen atoms in total. The predicted molar refractivity (Wildman–Crippen MR) is 102 cm³/mol. The standard InChI is InChI=1S/C20H26N4O2/c1-14-11-15(2)13-18(12-14)26-17(4)20(25)24-9-7-23(8-10-24)19-6-5-16(3)21-22-19/h5-6,11-13,17H,7-10H2,1-4H3. The fourth-order valence-electron chi connectivity index (χ4n) is 3.23. The molecule has 3 rings (SSSR count). The maximum absolute atomic E-state index is 12.7. The van der Waals surface area contributed by atoms with E-state index in [-0.39, 0.29) is 5.91 Å². The van der Waals surface area contributed by atoms with E-state index in [1.54, 1.807) is 0 Å². The summed E-state index contributed by atoms with van der Waals surface area (Å²) in [5, 5.41) is 8.33. The van der Waals surface area contributed by atoms with Crippen molar-refractivity contribution in [2.45, 2.75) is 33.8 Å². The Hall–Kier alpha value is -2.63. The Morgan fingerprint density at radius 1 is 1.00 bits per heavy atom. The molecule has 138 valence electrons. The van der Waals surface area contributed by atoms with Crippen LogP contribution < -0.4 is 9.64 Å². The smallest absolute Gasteiger partial charge is 0.263 e. The molecule has 1 unspecified atom stereocenters. The lowest BCUT2D eigenvalue weighted by Gasteiger charge is -2.36. The van der Waals surface area contributed by atoms with Crippen molar-refractivity contribution >= 4 is 11.7 Å². The zero-order valence-corrected chi connectivity index (χ0v) is 15.9. The second-order valence-corrected chi connectivity index (χ2v) is 6.93. The Bertz CT molecular complexity index is 748. The lowest BCUT2D eigenvalue weighted by atomic mass is 10.1. The molecule has 1 saturated heterocycles. The van der Waals surface area contributed by atoms with Crippen LogP contribution in [0.5, 0.6) is 5.75 Å². The van der Waals surface area contributed by atoms with Crippen LogP contribution >= 0.6 is 0 Å². The highest BCUT2D eigenvalue weighted by Crippen LogP contribution is 2.19. The quantitative estimate of drug-likeness (QED) is 0.844. The van der Waals surface area contributed by atoms with Crippen molar-refractivity contribution in [1.82, 2.24) is 15.1 Å². The molecule has 0 saturated carbocycles. The topological polar surface area (TPSA) is 58.6 Å². The van der Waals surface area contributed by atoms with Gasteiger partial charge in [0.2, 0.25) is 0 Å². The van der Waals surface area contributed by atoms with E-state index in [4.69, 9.17) is 4.74 Å². The van der Waals surface area contributed by atoms with Gasteiger partial charge in [-0.05, 0) is 63.1 Å². The highest BCUT2D eigenvalue weighted by molar-refractivity contribution is 5.81. The lowest BCUT2D eigenvalue weighted by Crippen LogP contribution is -2.52. The van der Waals surface area contributed by atoms with Crippen molar-refractivity contribution in [2.75, 3.05) is 31.1 Å². The Kier molecular flexibility index (Phi) is 5.40. The molecule has 1 atom stereocenters. The van der Waals surface area contributed by atoms with Crippen molar-refractivity contribution in [3.8, 4) is 5.75 Å². The molecule has 1 aromatic heterocycles. The van der Waals surface area contributed by atoms with Crippen LogP contribution in [-0.2, 0) is 4.79 Å². The fourth-order valence-corrected chi connectivity index (χ4v) is 3.23. The van der Waals surface area contributed by atoms with E-state index in [0.717, 1.165) is 41.5 Å². The first-order chi connectivity index (χ1) is 12.4. The summed E-state index contributed by atoms with van der Waals surface area (Å²) in [4.78, 5) is 16.7. The third-order valence-corrected chi connectivity index (χ3v) is 4.55. The maximum Gasteiger partial charge on any atom is 0.263 e. The van der Waals surface area contributed by atoms with Gasteiger partial charge in [-0.1, -0.05) is 6.07 Å². The molecule has 0 bridgehead atoms. The van der Waals surface area contributed by atoms with E-state index < -0.39 is 6.10 Å². The summed E-state index contributed by atoms with van der Waals surface area (Å²) >= 11 is 0. The van der Waals surface area contributed by atoms with Crippen molar-refractivity contribution < 1.29 is 9.53 Å². The number of amides is 1. The van der Waals surface area contributed by atoms with Gasteiger partial charge in [-0.2, -0.15) is 5.10 Å². The lowest BCUT2D eigenvalue weighted by molar-refractivity contribution is -0.138. The number of nitrogens with zero attached hydrogens (tertiary/aromatic N) is 4. The van der Waals surface area contributed by atoms with Gasteiger partial charge in [-0.25, -0.2) is 0 Å². The summed E-state index contributed by atoms with van der Waals surface area (Å²) < 4.78 is 5.89. The Balaban J connectivity index is 1.56. The molecule has 1 fully saturated rings. The highest BCUT2D eigenvalue weighted by atomic mass is 16.5. The van der Waals surface area contributed by atoms with Crippen molar-refractivity contribution in [3.63, 3.8) is 0 Å². The molecule has 1 amide bonds.